The van der Waals surface area contributed by atoms with E-state index >= 15 is 0 Å². The van der Waals surface area contributed by atoms with Gasteiger partial charge in [-0.3, -0.25) is 14.3 Å². The van der Waals surface area contributed by atoms with Gasteiger partial charge in [-0.2, -0.15) is 0 Å². The molecule has 0 aliphatic carbocycles. The van der Waals surface area contributed by atoms with Gasteiger partial charge in [0.1, 0.15) is 5.82 Å². The van der Waals surface area contributed by atoms with Crippen LogP contribution in [0.15, 0.2) is 72.1 Å². The normalized spacial score (nSPS) is 15.2. The van der Waals surface area contributed by atoms with E-state index in [4.69, 9.17) is 0 Å². The summed E-state index contributed by atoms with van der Waals surface area (Å²) in [5.41, 5.74) is 2.02. The fraction of sp³-hybridized carbons (Fsp3) is 0.304. The van der Waals surface area contributed by atoms with Crippen LogP contribution in [0.5, 0.6) is 0 Å². The zero-order valence-electron chi connectivity index (χ0n) is 16.7. The van der Waals surface area contributed by atoms with Crippen molar-refractivity contribution in [2.75, 3.05) is 18.8 Å². The fourth-order valence-corrected chi connectivity index (χ4v) is 4.48. The van der Waals surface area contributed by atoms with Crippen LogP contribution in [-0.2, 0) is 11.3 Å². The Bertz CT molecular complexity index is 970. The molecular weight excluding hydrogens is 399 g/mol. The van der Waals surface area contributed by atoms with Crippen LogP contribution >= 0.6 is 11.8 Å². The summed E-state index contributed by atoms with van der Waals surface area (Å²) in [7, 11) is 0. The van der Waals surface area contributed by atoms with Crippen LogP contribution < -0.4 is 5.32 Å². The molecule has 1 saturated heterocycles. The second kappa shape index (κ2) is 9.91. The third-order valence-corrected chi connectivity index (χ3v) is 6.19. The summed E-state index contributed by atoms with van der Waals surface area (Å²) < 4.78 is 15.3. The number of carbonyl (C=O) groups is 1. The molecule has 1 fully saturated rings. The maximum absolute atomic E-state index is 13.5. The standard InChI is InChI=1S/C23H25FN4OS/c24-19-7-4-8-21(15-19)28-14-11-25-23(28)30-17-22(29)26-20-9-12-27(13-10-20)16-18-5-2-1-3-6-18/h1-8,11,14-15,20H,9-10,12-13,16-17H2,(H,26,29). The first kappa shape index (κ1) is 20.6. The first-order valence-corrected chi connectivity index (χ1v) is 11.1. The van der Waals surface area contributed by atoms with Crippen LogP contribution in [0.1, 0.15) is 18.4 Å². The van der Waals surface area contributed by atoms with E-state index < -0.39 is 0 Å². The predicted octanol–water partition coefficient (Wildman–Crippen LogP) is 3.88. The highest BCUT2D eigenvalue weighted by atomic mass is 32.2. The third-order valence-electron chi connectivity index (χ3n) is 5.23. The number of aromatic nitrogens is 2. The van der Waals surface area contributed by atoms with E-state index in [0.29, 0.717) is 10.8 Å². The molecule has 1 N–H and O–H groups in total. The molecule has 5 nitrogen and oxygen atoms in total. The molecule has 156 valence electrons. The van der Waals surface area contributed by atoms with E-state index in [9.17, 15) is 9.18 Å². The van der Waals surface area contributed by atoms with Gasteiger partial charge in [-0.1, -0.05) is 48.2 Å². The number of rotatable bonds is 7. The molecule has 0 spiro atoms. The smallest absolute Gasteiger partial charge is 0.230 e. The van der Waals surface area contributed by atoms with Crippen molar-refractivity contribution in [3.8, 4) is 5.69 Å². The number of piperidine rings is 1. The molecule has 1 aromatic heterocycles. The Morgan fingerprint density at radius 3 is 2.70 bits per heavy atom. The molecule has 2 aromatic carbocycles. The monoisotopic (exact) mass is 424 g/mol. The van der Waals surface area contributed by atoms with Crippen molar-refractivity contribution >= 4 is 17.7 Å². The number of amides is 1. The van der Waals surface area contributed by atoms with Crippen molar-refractivity contribution in [2.45, 2.75) is 30.6 Å². The highest BCUT2D eigenvalue weighted by molar-refractivity contribution is 7.99. The van der Waals surface area contributed by atoms with Gasteiger partial charge in [0.05, 0.1) is 11.4 Å². The number of hydrogen-bond donors (Lipinski definition) is 1. The SMILES string of the molecule is O=C(CSc1nccn1-c1cccc(F)c1)NC1CCN(Cc2ccccc2)CC1. The molecule has 1 aliphatic rings. The van der Waals surface area contributed by atoms with Crippen molar-refractivity contribution in [2.24, 2.45) is 0 Å². The molecular formula is C23H25FN4OS. The minimum Gasteiger partial charge on any atom is -0.353 e. The topological polar surface area (TPSA) is 50.2 Å². The van der Waals surface area contributed by atoms with E-state index in [0.717, 1.165) is 32.5 Å². The van der Waals surface area contributed by atoms with Crippen molar-refractivity contribution in [1.82, 2.24) is 19.8 Å². The van der Waals surface area contributed by atoms with Gasteiger partial charge in [0.15, 0.2) is 5.16 Å². The first-order valence-electron chi connectivity index (χ1n) is 10.1. The number of likely N-dealkylation sites (tertiary alicyclic amines) is 1. The van der Waals surface area contributed by atoms with Gasteiger partial charge in [0.2, 0.25) is 5.91 Å². The van der Waals surface area contributed by atoms with Crippen molar-refractivity contribution < 1.29 is 9.18 Å². The first-order chi connectivity index (χ1) is 14.7. The molecule has 4 rings (SSSR count). The molecule has 3 aromatic rings. The number of carbonyl (C=O) groups excluding carboxylic acids is 1. The Morgan fingerprint density at radius 2 is 1.93 bits per heavy atom. The van der Waals surface area contributed by atoms with Crippen LogP contribution in [0.2, 0.25) is 0 Å². The van der Waals surface area contributed by atoms with E-state index in [1.165, 1.54) is 29.5 Å². The minimum atomic E-state index is -0.298. The van der Waals surface area contributed by atoms with Crippen LogP contribution in [0.4, 0.5) is 4.39 Å². The largest absolute Gasteiger partial charge is 0.353 e. The zero-order chi connectivity index (χ0) is 20.8. The molecule has 1 amide bonds. The maximum Gasteiger partial charge on any atom is 0.230 e. The number of nitrogens with one attached hydrogen (secondary N) is 1. The number of halogens is 1. The third kappa shape index (κ3) is 5.49. The van der Waals surface area contributed by atoms with Gasteiger partial charge in [-0.15, -0.1) is 0 Å². The molecule has 1 aliphatic heterocycles. The number of thioether (sulfide) groups is 1. The fourth-order valence-electron chi connectivity index (χ4n) is 3.70. The average Bonchev–Trinajstić information content (AvgIpc) is 3.23. The quantitative estimate of drug-likeness (QED) is 0.585. The summed E-state index contributed by atoms with van der Waals surface area (Å²) in [5, 5.41) is 3.83. The van der Waals surface area contributed by atoms with Gasteiger partial charge in [-0.05, 0) is 36.6 Å². The summed E-state index contributed by atoms with van der Waals surface area (Å²) in [6, 6.07) is 17.0. The lowest BCUT2D eigenvalue weighted by molar-refractivity contribution is -0.119. The Kier molecular flexibility index (Phi) is 6.81. The average molecular weight is 425 g/mol. The summed E-state index contributed by atoms with van der Waals surface area (Å²) in [6.45, 7) is 2.92. The van der Waals surface area contributed by atoms with Crippen molar-refractivity contribution in [3.05, 3.63) is 78.4 Å². The van der Waals surface area contributed by atoms with Crippen LogP contribution in [0.25, 0.3) is 5.69 Å². The lowest BCUT2D eigenvalue weighted by Gasteiger charge is -2.32. The maximum atomic E-state index is 13.5. The van der Waals surface area contributed by atoms with Gasteiger partial charge >= 0.3 is 0 Å². The number of benzene rings is 2. The number of imidazole rings is 1. The van der Waals surface area contributed by atoms with E-state index in [1.807, 2.05) is 12.1 Å². The minimum absolute atomic E-state index is 0.00954. The lowest BCUT2D eigenvalue weighted by Crippen LogP contribution is -2.44. The van der Waals surface area contributed by atoms with Crippen molar-refractivity contribution in [1.29, 1.82) is 0 Å². The summed E-state index contributed by atoms with van der Waals surface area (Å²) >= 11 is 1.36. The highest BCUT2D eigenvalue weighted by Crippen LogP contribution is 2.21. The van der Waals surface area contributed by atoms with Gasteiger partial charge < -0.3 is 5.32 Å². The van der Waals surface area contributed by atoms with E-state index in [2.05, 4.69) is 39.5 Å². The molecule has 0 atom stereocenters. The Hall–Kier alpha value is -2.64. The molecule has 7 heteroatoms. The summed E-state index contributed by atoms with van der Waals surface area (Å²) in [4.78, 5) is 19.2. The van der Waals surface area contributed by atoms with Gasteiger partial charge in [-0.25, -0.2) is 9.37 Å². The highest BCUT2D eigenvalue weighted by Gasteiger charge is 2.21. The number of nitrogens with zero attached hydrogens (tertiary/aromatic N) is 3. The Morgan fingerprint density at radius 1 is 1.13 bits per heavy atom. The summed E-state index contributed by atoms with van der Waals surface area (Å²) in [5.74, 6) is 0.000106. The molecule has 2 heterocycles. The predicted molar refractivity (Wildman–Crippen MR) is 117 cm³/mol. The van der Waals surface area contributed by atoms with E-state index in [-0.39, 0.29) is 23.5 Å². The number of hydrogen-bond acceptors (Lipinski definition) is 4. The second-order valence-corrected chi connectivity index (χ2v) is 8.39. The molecule has 0 radical (unpaired) electrons. The second-order valence-electron chi connectivity index (χ2n) is 7.45. The van der Waals surface area contributed by atoms with Gasteiger partial charge in [0, 0.05) is 38.1 Å². The molecule has 0 saturated carbocycles. The van der Waals surface area contributed by atoms with Gasteiger partial charge in [0.25, 0.3) is 0 Å². The van der Waals surface area contributed by atoms with E-state index in [1.54, 1.807) is 23.0 Å². The lowest BCUT2D eigenvalue weighted by atomic mass is 10.0. The Balaban J connectivity index is 1.23. The molecule has 30 heavy (non-hydrogen) atoms. The summed E-state index contributed by atoms with van der Waals surface area (Å²) in [6.07, 6.45) is 5.35. The zero-order valence-corrected chi connectivity index (χ0v) is 17.5. The molecule has 0 bridgehead atoms. The van der Waals surface area contributed by atoms with Crippen LogP contribution in [0.3, 0.4) is 0 Å². The van der Waals surface area contributed by atoms with Crippen LogP contribution in [0, 0.1) is 5.82 Å². The molecule has 0 unspecified atom stereocenters. The Labute approximate surface area is 180 Å². The van der Waals surface area contributed by atoms with Crippen molar-refractivity contribution in [3.63, 3.8) is 0 Å². The van der Waals surface area contributed by atoms with Crippen LogP contribution in [-0.4, -0.2) is 45.2 Å².